The largest absolute Gasteiger partial charge is 0.480 e. The SMILES string of the molecule is CC1(OCC(=O)O)CN(C(=O)c2ccc(Cl)cc2Cl)C1. The van der Waals surface area contributed by atoms with Crippen LogP contribution in [0.5, 0.6) is 0 Å². The van der Waals surface area contributed by atoms with E-state index in [9.17, 15) is 9.59 Å². The number of aliphatic carboxylic acids is 1. The van der Waals surface area contributed by atoms with Crippen LogP contribution in [-0.4, -0.2) is 47.2 Å². The van der Waals surface area contributed by atoms with Crippen molar-refractivity contribution < 1.29 is 19.4 Å². The molecule has 1 aromatic carbocycles. The maximum absolute atomic E-state index is 12.2. The molecule has 5 nitrogen and oxygen atoms in total. The van der Waals surface area contributed by atoms with E-state index in [1.807, 2.05) is 0 Å². The van der Waals surface area contributed by atoms with Crippen molar-refractivity contribution >= 4 is 35.1 Å². The summed E-state index contributed by atoms with van der Waals surface area (Å²) in [4.78, 5) is 24.2. The molecule has 1 N–H and O–H groups in total. The first-order valence-corrected chi connectivity index (χ1v) is 6.66. The molecule has 7 heteroatoms. The van der Waals surface area contributed by atoms with Gasteiger partial charge in [-0.15, -0.1) is 0 Å². The Morgan fingerprint density at radius 2 is 2.05 bits per heavy atom. The molecule has 1 heterocycles. The highest BCUT2D eigenvalue weighted by Gasteiger charge is 2.43. The van der Waals surface area contributed by atoms with Crippen LogP contribution in [-0.2, 0) is 9.53 Å². The fourth-order valence-corrected chi connectivity index (χ4v) is 2.55. The molecular weight excluding hydrogens is 305 g/mol. The Morgan fingerprint density at radius 1 is 1.40 bits per heavy atom. The molecule has 20 heavy (non-hydrogen) atoms. The van der Waals surface area contributed by atoms with Crippen LogP contribution < -0.4 is 0 Å². The summed E-state index contributed by atoms with van der Waals surface area (Å²) in [6.07, 6.45) is 0. The Morgan fingerprint density at radius 3 is 2.60 bits per heavy atom. The van der Waals surface area contributed by atoms with E-state index in [-0.39, 0.29) is 12.5 Å². The molecule has 2 rings (SSSR count). The van der Waals surface area contributed by atoms with Gasteiger partial charge in [0, 0.05) is 5.02 Å². The van der Waals surface area contributed by atoms with Crippen LogP contribution in [0.1, 0.15) is 17.3 Å². The molecule has 1 saturated heterocycles. The van der Waals surface area contributed by atoms with Gasteiger partial charge in [0.1, 0.15) is 12.2 Å². The van der Waals surface area contributed by atoms with Crippen LogP contribution >= 0.6 is 23.2 Å². The first-order chi connectivity index (χ1) is 9.31. The fourth-order valence-electron chi connectivity index (χ4n) is 2.07. The lowest BCUT2D eigenvalue weighted by Gasteiger charge is -2.47. The quantitative estimate of drug-likeness (QED) is 0.925. The summed E-state index contributed by atoms with van der Waals surface area (Å²) in [5.74, 6) is -1.25. The van der Waals surface area contributed by atoms with Crippen LogP contribution in [0.4, 0.5) is 0 Å². The lowest BCUT2D eigenvalue weighted by Crippen LogP contribution is -2.63. The highest BCUT2D eigenvalue weighted by molar-refractivity contribution is 6.36. The van der Waals surface area contributed by atoms with Crippen LogP contribution in [0.15, 0.2) is 18.2 Å². The van der Waals surface area contributed by atoms with Crippen LogP contribution in [0, 0.1) is 0 Å². The first-order valence-electron chi connectivity index (χ1n) is 5.91. The molecule has 1 aromatic rings. The third kappa shape index (κ3) is 3.23. The van der Waals surface area contributed by atoms with Crippen molar-refractivity contribution in [3.8, 4) is 0 Å². The van der Waals surface area contributed by atoms with Crippen molar-refractivity contribution in [2.24, 2.45) is 0 Å². The summed E-state index contributed by atoms with van der Waals surface area (Å²) in [5, 5.41) is 9.33. The van der Waals surface area contributed by atoms with Crippen molar-refractivity contribution in [1.82, 2.24) is 4.90 Å². The second-order valence-electron chi connectivity index (χ2n) is 4.92. The van der Waals surface area contributed by atoms with Gasteiger partial charge in [0.15, 0.2) is 0 Å². The minimum atomic E-state index is -1.03. The highest BCUT2D eigenvalue weighted by Crippen LogP contribution is 2.29. The molecule has 0 atom stereocenters. The lowest BCUT2D eigenvalue weighted by molar-refractivity contribution is -0.159. The van der Waals surface area contributed by atoms with E-state index in [0.29, 0.717) is 28.7 Å². The number of amides is 1. The molecular formula is C13H13Cl2NO4. The topological polar surface area (TPSA) is 66.8 Å². The zero-order valence-corrected chi connectivity index (χ0v) is 12.2. The molecule has 0 radical (unpaired) electrons. The van der Waals surface area contributed by atoms with Gasteiger partial charge in [-0.3, -0.25) is 4.79 Å². The Bertz CT molecular complexity index is 555. The van der Waals surface area contributed by atoms with Crippen molar-refractivity contribution in [2.75, 3.05) is 19.7 Å². The maximum Gasteiger partial charge on any atom is 0.329 e. The van der Waals surface area contributed by atoms with Gasteiger partial charge in [-0.2, -0.15) is 0 Å². The number of halogens is 2. The van der Waals surface area contributed by atoms with Gasteiger partial charge >= 0.3 is 5.97 Å². The Hall–Kier alpha value is -1.30. The number of hydrogen-bond acceptors (Lipinski definition) is 3. The average molecular weight is 318 g/mol. The normalized spacial score (nSPS) is 16.6. The number of ether oxygens (including phenoxy) is 1. The van der Waals surface area contributed by atoms with Crippen molar-refractivity contribution in [3.05, 3.63) is 33.8 Å². The van der Waals surface area contributed by atoms with Crippen molar-refractivity contribution in [2.45, 2.75) is 12.5 Å². The predicted octanol–water partition coefficient (Wildman–Crippen LogP) is 2.31. The zero-order chi connectivity index (χ0) is 14.9. The number of carbonyl (C=O) groups excluding carboxylic acids is 1. The molecule has 0 bridgehead atoms. The summed E-state index contributed by atoms with van der Waals surface area (Å²) in [7, 11) is 0. The smallest absolute Gasteiger partial charge is 0.329 e. The summed E-state index contributed by atoms with van der Waals surface area (Å²) >= 11 is 11.8. The minimum absolute atomic E-state index is 0.219. The minimum Gasteiger partial charge on any atom is -0.480 e. The van der Waals surface area contributed by atoms with Gasteiger partial charge in [-0.25, -0.2) is 4.79 Å². The van der Waals surface area contributed by atoms with Crippen molar-refractivity contribution in [3.63, 3.8) is 0 Å². The van der Waals surface area contributed by atoms with Gasteiger partial charge in [0.2, 0.25) is 0 Å². The molecule has 1 aliphatic heterocycles. The first kappa shape index (κ1) is 15.1. The third-order valence-corrected chi connectivity index (χ3v) is 3.59. The maximum atomic E-state index is 12.2. The van der Waals surface area contributed by atoms with Crippen LogP contribution in [0.3, 0.4) is 0 Å². The second-order valence-corrected chi connectivity index (χ2v) is 5.76. The highest BCUT2D eigenvalue weighted by atomic mass is 35.5. The van der Waals surface area contributed by atoms with E-state index in [1.54, 1.807) is 24.0 Å². The third-order valence-electron chi connectivity index (χ3n) is 3.04. The average Bonchev–Trinajstić information content (AvgIpc) is 2.32. The van der Waals surface area contributed by atoms with Gasteiger partial charge in [-0.05, 0) is 25.1 Å². The predicted molar refractivity (Wildman–Crippen MR) is 74.4 cm³/mol. The molecule has 0 spiro atoms. The summed E-state index contributed by atoms with van der Waals surface area (Å²) in [5.41, 5.74) is -0.246. The number of carboxylic acid groups (broad SMARTS) is 1. The molecule has 1 aliphatic rings. The number of carbonyl (C=O) groups is 2. The Balaban J connectivity index is 1.98. The number of benzene rings is 1. The van der Waals surface area contributed by atoms with E-state index in [2.05, 4.69) is 0 Å². The Kier molecular flexibility index (Phi) is 4.22. The van der Waals surface area contributed by atoms with Gasteiger partial charge < -0.3 is 14.7 Å². The molecule has 1 amide bonds. The number of rotatable bonds is 4. The van der Waals surface area contributed by atoms with Crippen molar-refractivity contribution in [1.29, 1.82) is 0 Å². The van der Waals surface area contributed by atoms with E-state index < -0.39 is 11.6 Å². The molecule has 0 aliphatic carbocycles. The lowest BCUT2D eigenvalue weighted by atomic mass is 9.95. The molecule has 0 aromatic heterocycles. The Labute approximate surface area is 126 Å². The van der Waals surface area contributed by atoms with Crippen LogP contribution in [0.25, 0.3) is 0 Å². The van der Waals surface area contributed by atoms with Gasteiger partial charge in [0.05, 0.1) is 23.7 Å². The number of carboxylic acids is 1. The summed E-state index contributed by atoms with van der Waals surface area (Å²) in [6, 6.07) is 4.68. The molecule has 0 unspecified atom stereocenters. The standard InChI is InChI=1S/C13H13Cl2NO4/c1-13(20-5-11(17)18)6-16(7-13)12(19)9-3-2-8(14)4-10(9)15/h2-4H,5-7H2,1H3,(H,17,18). The number of nitrogens with zero attached hydrogens (tertiary/aromatic N) is 1. The summed E-state index contributed by atoms with van der Waals surface area (Å²) < 4.78 is 5.24. The molecule has 108 valence electrons. The zero-order valence-electron chi connectivity index (χ0n) is 10.7. The van der Waals surface area contributed by atoms with E-state index in [0.717, 1.165) is 0 Å². The van der Waals surface area contributed by atoms with Crippen LogP contribution in [0.2, 0.25) is 10.0 Å². The van der Waals surface area contributed by atoms with E-state index in [4.69, 9.17) is 33.0 Å². The fraction of sp³-hybridized carbons (Fsp3) is 0.385. The number of hydrogen-bond donors (Lipinski definition) is 1. The summed E-state index contributed by atoms with van der Waals surface area (Å²) in [6.45, 7) is 2.06. The van der Waals surface area contributed by atoms with Gasteiger partial charge in [0.25, 0.3) is 5.91 Å². The van der Waals surface area contributed by atoms with E-state index in [1.165, 1.54) is 6.07 Å². The monoisotopic (exact) mass is 317 g/mol. The number of likely N-dealkylation sites (tertiary alicyclic amines) is 1. The van der Waals surface area contributed by atoms with E-state index >= 15 is 0 Å². The molecule has 0 saturated carbocycles. The van der Waals surface area contributed by atoms with Gasteiger partial charge in [-0.1, -0.05) is 23.2 Å². The molecule has 1 fully saturated rings. The second kappa shape index (κ2) is 5.60.